The van der Waals surface area contributed by atoms with E-state index in [-0.39, 0.29) is 16.1 Å². The Hall–Kier alpha value is -3.03. The van der Waals surface area contributed by atoms with Crippen LogP contribution >= 0.6 is 0 Å². The van der Waals surface area contributed by atoms with Gasteiger partial charge in [-0.15, -0.1) is 0 Å². The number of fused-ring (bicyclic) bond motifs is 1. The predicted octanol–water partition coefficient (Wildman–Crippen LogP) is 5.17. The lowest BCUT2D eigenvalue weighted by Crippen LogP contribution is -2.35. The van der Waals surface area contributed by atoms with Crippen LogP contribution in [0.25, 0.3) is 0 Å². The minimum Gasteiger partial charge on any atom is -0.293 e. The van der Waals surface area contributed by atoms with Crippen LogP contribution < -0.4 is 4.72 Å². The van der Waals surface area contributed by atoms with Crippen LogP contribution in [0, 0.1) is 5.82 Å². The number of Topliss-reactive ketones (excluding diaryl/α,β-unsaturated/α-hetero) is 1. The van der Waals surface area contributed by atoms with Crippen LogP contribution in [-0.4, -0.2) is 32.2 Å². The number of rotatable bonds is 6. The van der Waals surface area contributed by atoms with Gasteiger partial charge in [-0.25, -0.2) is 12.8 Å². The van der Waals surface area contributed by atoms with E-state index >= 15 is 0 Å². The van der Waals surface area contributed by atoms with Gasteiger partial charge in [-0.1, -0.05) is 51.1 Å². The van der Waals surface area contributed by atoms with E-state index in [4.69, 9.17) is 0 Å². The molecule has 34 heavy (non-hydrogen) atoms. The summed E-state index contributed by atoms with van der Waals surface area (Å²) in [6, 6.07) is 18.1. The third-order valence-electron chi connectivity index (χ3n) is 6.12. The van der Waals surface area contributed by atoms with Crippen molar-refractivity contribution in [3.63, 3.8) is 0 Å². The number of sulfonamides is 1. The standard InChI is InChI=1S/C27H29FN2O3S/c1-27(2,3)22-7-4-19(5-8-22)26(31)18-30-15-14-20-16-25(13-6-21(20)17-30)34(32,33)29-24-11-9-23(28)10-12-24/h4-13,16,29H,14-15,17-18H2,1-3H3. The molecule has 0 bridgehead atoms. The van der Waals surface area contributed by atoms with Gasteiger partial charge < -0.3 is 0 Å². The zero-order valence-electron chi connectivity index (χ0n) is 19.6. The lowest BCUT2D eigenvalue weighted by atomic mass is 9.86. The number of nitrogens with one attached hydrogen (secondary N) is 1. The number of anilines is 1. The summed E-state index contributed by atoms with van der Waals surface area (Å²) in [4.78, 5) is 15.1. The smallest absolute Gasteiger partial charge is 0.261 e. The number of halogens is 1. The molecule has 0 saturated carbocycles. The molecule has 7 heteroatoms. The van der Waals surface area contributed by atoms with Crippen LogP contribution in [0.2, 0.25) is 0 Å². The zero-order valence-corrected chi connectivity index (χ0v) is 20.5. The minimum absolute atomic E-state index is 0.0407. The van der Waals surface area contributed by atoms with E-state index in [1.165, 1.54) is 29.8 Å². The lowest BCUT2D eigenvalue weighted by Gasteiger charge is -2.28. The van der Waals surface area contributed by atoms with E-state index in [1.807, 2.05) is 30.3 Å². The van der Waals surface area contributed by atoms with Crippen molar-refractivity contribution in [2.75, 3.05) is 17.8 Å². The van der Waals surface area contributed by atoms with Crippen LogP contribution in [0.4, 0.5) is 10.1 Å². The molecule has 4 rings (SSSR count). The summed E-state index contributed by atoms with van der Waals surface area (Å²) in [6.45, 7) is 8.01. The van der Waals surface area contributed by atoms with Gasteiger partial charge in [0.2, 0.25) is 0 Å². The van der Waals surface area contributed by atoms with Crippen molar-refractivity contribution < 1.29 is 17.6 Å². The highest BCUT2D eigenvalue weighted by molar-refractivity contribution is 7.92. The molecule has 0 fully saturated rings. The summed E-state index contributed by atoms with van der Waals surface area (Å²) in [5.41, 5.74) is 4.21. The van der Waals surface area contributed by atoms with Crippen molar-refractivity contribution in [1.82, 2.24) is 4.90 Å². The molecule has 1 heterocycles. The fourth-order valence-corrected chi connectivity index (χ4v) is 5.18. The highest BCUT2D eigenvalue weighted by atomic mass is 32.2. The fraction of sp³-hybridized carbons (Fsp3) is 0.296. The van der Waals surface area contributed by atoms with Crippen molar-refractivity contribution in [2.24, 2.45) is 0 Å². The van der Waals surface area contributed by atoms with Crippen molar-refractivity contribution in [3.05, 3.63) is 94.8 Å². The van der Waals surface area contributed by atoms with Gasteiger partial charge in [-0.05, 0) is 64.9 Å². The van der Waals surface area contributed by atoms with Crippen LogP contribution in [-0.2, 0) is 28.4 Å². The Morgan fingerprint density at radius 2 is 1.65 bits per heavy atom. The normalized spacial score (nSPS) is 14.5. The van der Waals surface area contributed by atoms with Crippen molar-refractivity contribution in [2.45, 2.75) is 44.0 Å². The summed E-state index contributed by atoms with van der Waals surface area (Å²) in [6.07, 6.45) is 0.658. The third-order valence-corrected chi connectivity index (χ3v) is 7.49. The van der Waals surface area contributed by atoms with Crippen LogP contribution in [0.15, 0.2) is 71.6 Å². The molecule has 0 atom stereocenters. The Morgan fingerprint density at radius 3 is 2.29 bits per heavy atom. The average molecular weight is 481 g/mol. The van der Waals surface area contributed by atoms with E-state index in [0.717, 1.165) is 11.1 Å². The first-order valence-electron chi connectivity index (χ1n) is 11.3. The van der Waals surface area contributed by atoms with Gasteiger partial charge in [-0.2, -0.15) is 0 Å². The Kier molecular flexibility index (Phi) is 6.60. The third kappa shape index (κ3) is 5.54. The number of benzene rings is 3. The predicted molar refractivity (Wildman–Crippen MR) is 132 cm³/mol. The molecule has 0 radical (unpaired) electrons. The Morgan fingerprint density at radius 1 is 0.971 bits per heavy atom. The van der Waals surface area contributed by atoms with Crippen molar-refractivity contribution >= 4 is 21.5 Å². The summed E-state index contributed by atoms with van der Waals surface area (Å²) in [5.74, 6) is -0.353. The molecule has 0 amide bonds. The number of hydrogen-bond donors (Lipinski definition) is 1. The first kappa shape index (κ1) is 24.1. The highest BCUT2D eigenvalue weighted by Crippen LogP contribution is 2.25. The summed E-state index contributed by atoms with van der Waals surface area (Å²) in [5, 5.41) is 0. The molecule has 3 aromatic carbocycles. The SMILES string of the molecule is CC(C)(C)c1ccc(C(=O)CN2CCc3cc(S(=O)(=O)Nc4ccc(F)cc4)ccc3C2)cc1. The van der Waals surface area contributed by atoms with Gasteiger partial charge in [0.1, 0.15) is 5.82 Å². The largest absolute Gasteiger partial charge is 0.293 e. The van der Waals surface area contributed by atoms with E-state index in [1.54, 1.807) is 12.1 Å². The van der Waals surface area contributed by atoms with Crippen LogP contribution in [0.1, 0.15) is 47.8 Å². The molecule has 178 valence electrons. The molecule has 0 aliphatic carbocycles. The van der Waals surface area contributed by atoms with Gasteiger partial charge in [0.25, 0.3) is 10.0 Å². The summed E-state index contributed by atoms with van der Waals surface area (Å²) in [7, 11) is -3.78. The number of nitrogens with zero attached hydrogens (tertiary/aromatic N) is 1. The second-order valence-electron chi connectivity index (χ2n) is 9.75. The van der Waals surface area contributed by atoms with Gasteiger partial charge in [0.05, 0.1) is 11.4 Å². The monoisotopic (exact) mass is 480 g/mol. The minimum atomic E-state index is -3.78. The number of carbonyl (C=O) groups is 1. The fourth-order valence-electron chi connectivity index (χ4n) is 4.07. The molecule has 1 aliphatic rings. The zero-order chi connectivity index (χ0) is 24.5. The van der Waals surface area contributed by atoms with Crippen molar-refractivity contribution in [1.29, 1.82) is 0 Å². The molecule has 0 spiro atoms. The molecule has 5 nitrogen and oxygen atoms in total. The first-order chi connectivity index (χ1) is 16.0. The number of hydrogen-bond acceptors (Lipinski definition) is 4. The van der Waals surface area contributed by atoms with E-state index in [0.29, 0.717) is 37.3 Å². The Bertz CT molecular complexity index is 1300. The van der Waals surface area contributed by atoms with Crippen LogP contribution in [0.3, 0.4) is 0 Å². The Labute approximate surface area is 200 Å². The molecule has 1 N–H and O–H groups in total. The van der Waals surface area contributed by atoms with Crippen LogP contribution in [0.5, 0.6) is 0 Å². The summed E-state index contributed by atoms with van der Waals surface area (Å²) >= 11 is 0. The maximum absolute atomic E-state index is 13.1. The van der Waals surface area contributed by atoms with Gasteiger partial charge >= 0.3 is 0 Å². The maximum Gasteiger partial charge on any atom is 0.261 e. The lowest BCUT2D eigenvalue weighted by molar-refractivity contribution is 0.0921. The molecule has 3 aromatic rings. The first-order valence-corrected chi connectivity index (χ1v) is 12.8. The Balaban J connectivity index is 1.42. The highest BCUT2D eigenvalue weighted by Gasteiger charge is 2.23. The molecule has 1 aliphatic heterocycles. The summed E-state index contributed by atoms with van der Waals surface area (Å²) < 4.78 is 41.1. The molecule has 0 unspecified atom stereocenters. The maximum atomic E-state index is 13.1. The number of ketones is 1. The van der Waals surface area contributed by atoms with E-state index in [2.05, 4.69) is 30.4 Å². The number of carbonyl (C=O) groups excluding carboxylic acids is 1. The molecule has 0 saturated heterocycles. The molecule has 0 aromatic heterocycles. The average Bonchev–Trinajstić information content (AvgIpc) is 2.79. The van der Waals surface area contributed by atoms with E-state index < -0.39 is 15.8 Å². The van der Waals surface area contributed by atoms with E-state index in [9.17, 15) is 17.6 Å². The van der Waals surface area contributed by atoms with Gasteiger partial charge in [0, 0.05) is 24.3 Å². The van der Waals surface area contributed by atoms with Crippen molar-refractivity contribution in [3.8, 4) is 0 Å². The molecular formula is C27H29FN2O3S. The second-order valence-corrected chi connectivity index (χ2v) is 11.4. The quantitative estimate of drug-likeness (QED) is 0.495. The van der Waals surface area contributed by atoms with Gasteiger partial charge in [0.15, 0.2) is 5.78 Å². The second kappa shape index (κ2) is 9.31. The topological polar surface area (TPSA) is 66.5 Å². The molecular weight excluding hydrogens is 451 g/mol. The van der Waals surface area contributed by atoms with Gasteiger partial charge in [-0.3, -0.25) is 14.4 Å².